The second-order valence-electron chi connectivity index (χ2n) is 3.30. The highest BCUT2D eigenvalue weighted by Crippen LogP contribution is 2.10. The van der Waals surface area contributed by atoms with Crippen molar-refractivity contribution in [2.75, 3.05) is 6.54 Å². The minimum absolute atomic E-state index is 0.961. The predicted molar refractivity (Wildman–Crippen MR) is 56.9 cm³/mol. The lowest BCUT2D eigenvalue weighted by atomic mass is 10.0. The van der Waals surface area contributed by atoms with Crippen molar-refractivity contribution < 1.29 is 0 Å². The van der Waals surface area contributed by atoms with Crippen LogP contribution in [0.3, 0.4) is 0 Å². The third-order valence-corrected chi connectivity index (χ3v) is 1.97. The summed E-state index contributed by atoms with van der Waals surface area (Å²) < 4.78 is 0. The SMILES string of the molecule is CCC/N=C(\C)C(CC)=C(C)C. The van der Waals surface area contributed by atoms with Crippen LogP contribution < -0.4 is 0 Å². The molecule has 0 heterocycles. The fourth-order valence-corrected chi connectivity index (χ4v) is 1.35. The summed E-state index contributed by atoms with van der Waals surface area (Å²) in [5.74, 6) is 0. The van der Waals surface area contributed by atoms with E-state index in [0.717, 1.165) is 19.4 Å². The van der Waals surface area contributed by atoms with Gasteiger partial charge in [0, 0.05) is 12.3 Å². The monoisotopic (exact) mass is 167 g/mol. The van der Waals surface area contributed by atoms with Gasteiger partial charge in [0.05, 0.1) is 0 Å². The van der Waals surface area contributed by atoms with Crippen LogP contribution in [-0.4, -0.2) is 12.3 Å². The molecule has 1 heteroatoms. The normalized spacial score (nSPS) is 11.6. The molecule has 0 unspecified atom stereocenters. The van der Waals surface area contributed by atoms with Gasteiger partial charge in [0.25, 0.3) is 0 Å². The van der Waals surface area contributed by atoms with Crippen LogP contribution in [0, 0.1) is 0 Å². The molecule has 0 aliphatic carbocycles. The number of allylic oxidation sites excluding steroid dienone is 2. The number of hydrogen-bond acceptors (Lipinski definition) is 1. The second kappa shape index (κ2) is 5.99. The van der Waals surface area contributed by atoms with Crippen LogP contribution in [-0.2, 0) is 0 Å². The molecule has 1 nitrogen and oxygen atoms in total. The van der Waals surface area contributed by atoms with Crippen LogP contribution in [0.25, 0.3) is 0 Å². The van der Waals surface area contributed by atoms with Crippen molar-refractivity contribution in [3.8, 4) is 0 Å². The van der Waals surface area contributed by atoms with Crippen molar-refractivity contribution in [2.24, 2.45) is 4.99 Å². The van der Waals surface area contributed by atoms with E-state index in [1.165, 1.54) is 16.9 Å². The van der Waals surface area contributed by atoms with Crippen LogP contribution in [0.1, 0.15) is 47.5 Å². The van der Waals surface area contributed by atoms with E-state index in [9.17, 15) is 0 Å². The van der Waals surface area contributed by atoms with E-state index in [1.54, 1.807) is 0 Å². The molecule has 0 spiro atoms. The summed E-state index contributed by atoms with van der Waals surface area (Å²) in [6.45, 7) is 11.7. The molecule has 0 aromatic rings. The number of aliphatic imine (C=N–C) groups is 1. The molecule has 70 valence electrons. The van der Waals surface area contributed by atoms with Gasteiger partial charge in [0.1, 0.15) is 0 Å². The molecule has 0 atom stereocenters. The Morgan fingerprint density at radius 1 is 1.08 bits per heavy atom. The van der Waals surface area contributed by atoms with Gasteiger partial charge in [0.15, 0.2) is 0 Å². The van der Waals surface area contributed by atoms with Gasteiger partial charge in [-0.2, -0.15) is 0 Å². The first-order valence-electron chi connectivity index (χ1n) is 4.81. The molecule has 0 aromatic heterocycles. The Morgan fingerprint density at radius 2 is 1.67 bits per heavy atom. The fourth-order valence-electron chi connectivity index (χ4n) is 1.35. The molecule has 0 saturated heterocycles. The third kappa shape index (κ3) is 3.70. The Morgan fingerprint density at radius 3 is 2.00 bits per heavy atom. The zero-order valence-electron chi connectivity index (χ0n) is 9.07. The molecule has 0 fully saturated rings. The lowest BCUT2D eigenvalue weighted by Gasteiger charge is -2.06. The van der Waals surface area contributed by atoms with Crippen molar-refractivity contribution in [3.05, 3.63) is 11.1 Å². The third-order valence-electron chi connectivity index (χ3n) is 1.97. The quantitative estimate of drug-likeness (QED) is 0.567. The van der Waals surface area contributed by atoms with Gasteiger partial charge < -0.3 is 0 Å². The zero-order chi connectivity index (χ0) is 9.56. The Balaban J connectivity index is 4.43. The standard InChI is InChI=1S/C11H21N/c1-6-8-12-10(5)11(7-2)9(3)4/h6-8H2,1-5H3/b12-10+. The van der Waals surface area contributed by atoms with Crippen molar-refractivity contribution in [3.63, 3.8) is 0 Å². The number of hydrogen-bond donors (Lipinski definition) is 0. The first kappa shape index (κ1) is 11.4. The molecule has 0 bridgehead atoms. The van der Waals surface area contributed by atoms with Crippen molar-refractivity contribution in [1.29, 1.82) is 0 Å². The highest BCUT2D eigenvalue weighted by Gasteiger charge is 1.99. The van der Waals surface area contributed by atoms with Crippen molar-refractivity contribution in [1.82, 2.24) is 0 Å². The molecular formula is C11H21N. The van der Waals surface area contributed by atoms with Gasteiger partial charge in [-0.05, 0) is 39.2 Å². The van der Waals surface area contributed by atoms with E-state index in [2.05, 4.69) is 39.6 Å². The van der Waals surface area contributed by atoms with Crippen LogP contribution in [0.5, 0.6) is 0 Å². The van der Waals surface area contributed by atoms with Gasteiger partial charge in [0.2, 0.25) is 0 Å². The lowest BCUT2D eigenvalue weighted by Crippen LogP contribution is -1.99. The van der Waals surface area contributed by atoms with Gasteiger partial charge in [-0.3, -0.25) is 4.99 Å². The first-order valence-corrected chi connectivity index (χ1v) is 4.81. The molecule has 0 amide bonds. The summed E-state index contributed by atoms with van der Waals surface area (Å²) in [4.78, 5) is 4.49. The molecule has 0 N–H and O–H groups in total. The van der Waals surface area contributed by atoms with Crippen molar-refractivity contribution in [2.45, 2.75) is 47.5 Å². The smallest absolute Gasteiger partial charge is 0.0389 e. The lowest BCUT2D eigenvalue weighted by molar-refractivity contribution is 0.927. The summed E-state index contributed by atoms with van der Waals surface area (Å²) in [5, 5.41) is 0. The van der Waals surface area contributed by atoms with Crippen molar-refractivity contribution >= 4 is 5.71 Å². The maximum Gasteiger partial charge on any atom is 0.0389 e. The van der Waals surface area contributed by atoms with E-state index in [-0.39, 0.29) is 0 Å². The molecule has 12 heavy (non-hydrogen) atoms. The predicted octanol–water partition coefficient (Wildman–Crippen LogP) is 3.60. The summed E-state index contributed by atoms with van der Waals surface area (Å²) in [7, 11) is 0. The molecule has 0 aliphatic rings. The largest absolute Gasteiger partial charge is 0.290 e. The average molecular weight is 167 g/mol. The summed E-state index contributed by atoms with van der Waals surface area (Å²) in [6.07, 6.45) is 2.23. The van der Waals surface area contributed by atoms with E-state index in [1.807, 2.05) is 0 Å². The second-order valence-corrected chi connectivity index (χ2v) is 3.30. The highest BCUT2D eigenvalue weighted by atomic mass is 14.7. The topological polar surface area (TPSA) is 12.4 Å². The van der Waals surface area contributed by atoms with Crippen LogP contribution in [0.4, 0.5) is 0 Å². The zero-order valence-corrected chi connectivity index (χ0v) is 9.07. The van der Waals surface area contributed by atoms with Gasteiger partial charge in [-0.1, -0.05) is 19.4 Å². The van der Waals surface area contributed by atoms with E-state index >= 15 is 0 Å². The Labute approximate surface area is 76.6 Å². The molecule has 0 aromatic carbocycles. The summed E-state index contributed by atoms with van der Waals surface area (Å²) in [5.41, 5.74) is 4.04. The fraction of sp³-hybridized carbons (Fsp3) is 0.727. The number of rotatable bonds is 4. The van der Waals surface area contributed by atoms with Crippen LogP contribution >= 0.6 is 0 Å². The maximum atomic E-state index is 4.49. The average Bonchev–Trinajstić information content (AvgIpc) is 2.01. The van der Waals surface area contributed by atoms with E-state index in [4.69, 9.17) is 0 Å². The van der Waals surface area contributed by atoms with Crippen LogP contribution in [0.15, 0.2) is 16.1 Å². The Bertz CT molecular complexity index is 183. The minimum atomic E-state index is 0.961. The van der Waals surface area contributed by atoms with Crippen LogP contribution in [0.2, 0.25) is 0 Å². The van der Waals surface area contributed by atoms with Gasteiger partial charge >= 0.3 is 0 Å². The molecule has 0 rings (SSSR count). The molecule has 0 saturated carbocycles. The summed E-state index contributed by atoms with van der Waals surface area (Å²) in [6, 6.07) is 0. The molecule has 0 radical (unpaired) electrons. The molecule has 0 aliphatic heterocycles. The Kier molecular flexibility index (Phi) is 5.69. The van der Waals surface area contributed by atoms with E-state index in [0.29, 0.717) is 0 Å². The van der Waals surface area contributed by atoms with E-state index < -0.39 is 0 Å². The Hall–Kier alpha value is -0.590. The van der Waals surface area contributed by atoms with Gasteiger partial charge in [-0.25, -0.2) is 0 Å². The minimum Gasteiger partial charge on any atom is -0.290 e. The summed E-state index contributed by atoms with van der Waals surface area (Å²) >= 11 is 0. The highest BCUT2D eigenvalue weighted by molar-refractivity contribution is 5.98. The first-order chi connectivity index (χ1) is 5.63. The maximum absolute atomic E-state index is 4.49. The number of nitrogens with zero attached hydrogens (tertiary/aromatic N) is 1. The molecular weight excluding hydrogens is 146 g/mol. The van der Waals surface area contributed by atoms with Gasteiger partial charge in [-0.15, -0.1) is 0 Å².